The summed E-state index contributed by atoms with van der Waals surface area (Å²) in [6.07, 6.45) is 0. The van der Waals surface area contributed by atoms with Crippen molar-refractivity contribution in [3.63, 3.8) is 0 Å². The summed E-state index contributed by atoms with van der Waals surface area (Å²) in [4.78, 5) is 1.51. The average Bonchev–Trinajstić information content (AvgIpc) is 2.34. The molecule has 4 heteroatoms. The van der Waals surface area contributed by atoms with E-state index in [0.29, 0.717) is 16.3 Å². The molecular formula is C13H12FNOS. The minimum Gasteiger partial charge on any atom is -0.497 e. The Morgan fingerprint density at radius 3 is 2.41 bits per heavy atom. The normalized spacial score (nSPS) is 10.2. The van der Waals surface area contributed by atoms with Crippen molar-refractivity contribution in [1.82, 2.24) is 0 Å². The van der Waals surface area contributed by atoms with Crippen LogP contribution in [0.2, 0.25) is 0 Å². The maximum Gasteiger partial charge on any atom is 0.140 e. The third kappa shape index (κ3) is 2.91. The first-order valence-corrected chi connectivity index (χ1v) is 5.87. The molecule has 2 N–H and O–H groups in total. The Labute approximate surface area is 104 Å². The van der Waals surface area contributed by atoms with Gasteiger partial charge in [-0.3, -0.25) is 0 Å². The van der Waals surface area contributed by atoms with E-state index in [1.54, 1.807) is 24.3 Å². The molecule has 17 heavy (non-hydrogen) atoms. The minimum atomic E-state index is -0.286. The number of nitrogen functional groups attached to an aromatic ring is 1. The van der Waals surface area contributed by atoms with Gasteiger partial charge in [0.2, 0.25) is 0 Å². The fraction of sp³-hybridized carbons (Fsp3) is 0.0769. The highest BCUT2D eigenvalue weighted by Crippen LogP contribution is 2.31. The topological polar surface area (TPSA) is 35.2 Å². The highest BCUT2D eigenvalue weighted by atomic mass is 32.2. The molecule has 0 unspecified atom stereocenters. The number of anilines is 1. The lowest BCUT2D eigenvalue weighted by Crippen LogP contribution is -1.87. The molecule has 0 radical (unpaired) electrons. The van der Waals surface area contributed by atoms with Crippen molar-refractivity contribution < 1.29 is 9.13 Å². The second-order valence-electron chi connectivity index (χ2n) is 3.47. The van der Waals surface area contributed by atoms with Crippen molar-refractivity contribution in [1.29, 1.82) is 0 Å². The highest BCUT2D eigenvalue weighted by Gasteiger charge is 2.05. The molecule has 0 atom stereocenters. The van der Waals surface area contributed by atoms with Crippen LogP contribution in [0.15, 0.2) is 52.3 Å². The molecule has 2 nitrogen and oxygen atoms in total. The van der Waals surface area contributed by atoms with E-state index in [-0.39, 0.29) is 5.82 Å². The van der Waals surface area contributed by atoms with Crippen LogP contribution in [0.1, 0.15) is 0 Å². The number of nitrogens with two attached hydrogens (primary N) is 1. The number of ether oxygens (including phenoxy) is 1. The number of hydrogen-bond donors (Lipinski definition) is 1. The van der Waals surface area contributed by atoms with Crippen LogP contribution < -0.4 is 10.5 Å². The summed E-state index contributed by atoms with van der Waals surface area (Å²) in [5.74, 6) is 0.232. The molecule has 0 bridgehead atoms. The Bertz CT molecular complexity index is 513. The van der Waals surface area contributed by atoms with E-state index >= 15 is 0 Å². The van der Waals surface area contributed by atoms with Gasteiger partial charge in [-0.2, -0.15) is 0 Å². The lowest BCUT2D eigenvalue weighted by molar-refractivity contribution is 0.410. The second-order valence-corrected chi connectivity index (χ2v) is 4.58. The predicted molar refractivity (Wildman–Crippen MR) is 67.9 cm³/mol. The van der Waals surface area contributed by atoms with Gasteiger partial charge in [-0.05, 0) is 36.4 Å². The fourth-order valence-electron chi connectivity index (χ4n) is 1.35. The van der Waals surface area contributed by atoms with E-state index in [1.165, 1.54) is 24.9 Å². The Hall–Kier alpha value is -1.68. The lowest BCUT2D eigenvalue weighted by atomic mass is 10.3. The zero-order valence-corrected chi connectivity index (χ0v) is 10.1. The van der Waals surface area contributed by atoms with Crippen LogP contribution in [0.4, 0.5) is 10.1 Å². The zero-order valence-electron chi connectivity index (χ0n) is 9.31. The van der Waals surface area contributed by atoms with E-state index < -0.39 is 0 Å². The zero-order chi connectivity index (χ0) is 12.3. The van der Waals surface area contributed by atoms with Crippen molar-refractivity contribution in [3.05, 3.63) is 48.3 Å². The van der Waals surface area contributed by atoms with Gasteiger partial charge in [0.15, 0.2) is 0 Å². The van der Waals surface area contributed by atoms with Crippen LogP contribution in [0, 0.1) is 5.82 Å². The first-order valence-electron chi connectivity index (χ1n) is 5.06. The van der Waals surface area contributed by atoms with Crippen molar-refractivity contribution in [2.75, 3.05) is 12.8 Å². The number of benzene rings is 2. The van der Waals surface area contributed by atoms with E-state index in [4.69, 9.17) is 10.5 Å². The highest BCUT2D eigenvalue weighted by molar-refractivity contribution is 7.99. The smallest absolute Gasteiger partial charge is 0.140 e. The van der Waals surface area contributed by atoms with Gasteiger partial charge in [-0.25, -0.2) is 4.39 Å². The van der Waals surface area contributed by atoms with Crippen LogP contribution in [0.25, 0.3) is 0 Å². The molecule has 0 fully saturated rings. The van der Waals surface area contributed by atoms with Crippen LogP contribution in [0.3, 0.4) is 0 Å². The third-order valence-electron chi connectivity index (χ3n) is 2.25. The molecular weight excluding hydrogens is 237 g/mol. The van der Waals surface area contributed by atoms with E-state index in [2.05, 4.69) is 0 Å². The molecule has 2 aromatic rings. The molecule has 0 aliphatic carbocycles. The summed E-state index contributed by atoms with van der Waals surface area (Å²) >= 11 is 1.36. The largest absolute Gasteiger partial charge is 0.497 e. The van der Waals surface area contributed by atoms with Gasteiger partial charge in [0.25, 0.3) is 0 Å². The molecule has 0 saturated heterocycles. The first kappa shape index (κ1) is 11.8. The standard InChI is InChI=1S/C13H12FNOS/c1-16-10-4-7-13(12(14)8-10)17-11-5-2-9(15)3-6-11/h2-8H,15H2,1H3. The Morgan fingerprint density at radius 2 is 1.82 bits per heavy atom. The Kier molecular flexibility index (Phi) is 3.54. The third-order valence-corrected chi connectivity index (χ3v) is 3.31. The maximum absolute atomic E-state index is 13.7. The van der Waals surface area contributed by atoms with Crippen molar-refractivity contribution in [2.45, 2.75) is 9.79 Å². The molecule has 0 aliphatic rings. The second kappa shape index (κ2) is 5.10. The number of hydrogen-bond acceptors (Lipinski definition) is 3. The van der Waals surface area contributed by atoms with Crippen molar-refractivity contribution in [2.24, 2.45) is 0 Å². The van der Waals surface area contributed by atoms with Crippen LogP contribution in [-0.2, 0) is 0 Å². The van der Waals surface area contributed by atoms with Gasteiger partial charge in [0.05, 0.1) is 7.11 Å². The number of rotatable bonds is 3. The molecule has 88 valence electrons. The molecule has 0 amide bonds. The fourth-order valence-corrected chi connectivity index (χ4v) is 2.17. The summed E-state index contributed by atoms with van der Waals surface area (Å²) in [6, 6.07) is 12.1. The van der Waals surface area contributed by atoms with Gasteiger partial charge in [-0.1, -0.05) is 11.8 Å². The van der Waals surface area contributed by atoms with Crippen LogP contribution in [-0.4, -0.2) is 7.11 Å². The molecule has 0 aromatic heterocycles. The van der Waals surface area contributed by atoms with Gasteiger partial charge < -0.3 is 10.5 Å². The van der Waals surface area contributed by atoms with E-state index in [1.807, 2.05) is 12.1 Å². The van der Waals surface area contributed by atoms with Gasteiger partial charge in [0, 0.05) is 21.5 Å². The molecule has 0 aliphatic heterocycles. The molecule has 0 saturated carbocycles. The maximum atomic E-state index is 13.7. The summed E-state index contributed by atoms with van der Waals surface area (Å²) < 4.78 is 18.6. The molecule has 0 heterocycles. The molecule has 2 rings (SSSR count). The Balaban J connectivity index is 2.21. The molecule has 0 spiro atoms. The summed E-state index contributed by atoms with van der Waals surface area (Å²) in [5, 5.41) is 0. The monoisotopic (exact) mass is 249 g/mol. The van der Waals surface area contributed by atoms with E-state index in [0.717, 1.165) is 4.90 Å². The summed E-state index contributed by atoms with van der Waals surface area (Å²) in [7, 11) is 1.52. The first-order chi connectivity index (χ1) is 8.19. The van der Waals surface area contributed by atoms with Gasteiger partial charge in [-0.15, -0.1) is 0 Å². The van der Waals surface area contributed by atoms with Crippen molar-refractivity contribution in [3.8, 4) is 5.75 Å². The lowest BCUT2D eigenvalue weighted by Gasteiger charge is -2.05. The van der Waals surface area contributed by atoms with Crippen LogP contribution >= 0.6 is 11.8 Å². The number of methoxy groups -OCH3 is 1. The van der Waals surface area contributed by atoms with Gasteiger partial charge in [0.1, 0.15) is 11.6 Å². The average molecular weight is 249 g/mol. The molecule has 2 aromatic carbocycles. The predicted octanol–water partition coefficient (Wildman–Crippen LogP) is 3.57. The quantitative estimate of drug-likeness (QED) is 0.845. The Morgan fingerprint density at radius 1 is 1.12 bits per heavy atom. The minimum absolute atomic E-state index is 0.286. The van der Waals surface area contributed by atoms with Crippen molar-refractivity contribution >= 4 is 17.4 Å². The summed E-state index contributed by atoms with van der Waals surface area (Å²) in [5.41, 5.74) is 6.29. The van der Waals surface area contributed by atoms with E-state index in [9.17, 15) is 4.39 Å². The summed E-state index contributed by atoms with van der Waals surface area (Å²) in [6.45, 7) is 0. The van der Waals surface area contributed by atoms with Crippen LogP contribution in [0.5, 0.6) is 5.75 Å². The SMILES string of the molecule is COc1ccc(Sc2ccc(N)cc2)c(F)c1. The van der Waals surface area contributed by atoms with Gasteiger partial charge >= 0.3 is 0 Å². The number of halogens is 1.